The lowest BCUT2D eigenvalue weighted by Gasteiger charge is -2.21. The summed E-state index contributed by atoms with van der Waals surface area (Å²) in [5.74, 6) is 1.64. The van der Waals surface area contributed by atoms with Crippen molar-refractivity contribution in [1.29, 1.82) is 0 Å². The Morgan fingerprint density at radius 3 is 2.77 bits per heavy atom. The summed E-state index contributed by atoms with van der Waals surface area (Å²) < 4.78 is 5.21. The summed E-state index contributed by atoms with van der Waals surface area (Å²) in [5.41, 5.74) is 0.864. The normalized spacial score (nSPS) is 18.0. The Morgan fingerprint density at radius 1 is 1.45 bits per heavy atom. The number of hydrogen-bond acceptors (Lipinski definition) is 3. The number of amides is 1. The highest BCUT2D eigenvalue weighted by molar-refractivity contribution is 14.0. The van der Waals surface area contributed by atoms with Crippen LogP contribution in [-0.2, 0) is 4.79 Å². The molecule has 1 atom stereocenters. The molecule has 0 aromatic heterocycles. The van der Waals surface area contributed by atoms with Gasteiger partial charge in [0.1, 0.15) is 5.75 Å². The number of carbonyl (C=O) groups excluding carboxylic acids is 1. The zero-order valence-electron chi connectivity index (χ0n) is 13.4. The van der Waals surface area contributed by atoms with E-state index in [0.717, 1.165) is 17.4 Å². The second kappa shape index (κ2) is 8.21. The lowest BCUT2D eigenvalue weighted by molar-refractivity contribution is -0.117. The molecule has 0 radical (unpaired) electrons. The van der Waals surface area contributed by atoms with Crippen LogP contribution in [0.5, 0.6) is 5.75 Å². The van der Waals surface area contributed by atoms with Gasteiger partial charge in [-0.1, -0.05) is 6.07 Å². The van der Waals surface area contributed by atoms with Gasteiger partial charge in [0, 0.05) is 45.9 Å². The van der Waals surface area contributed by atoms with Crippen molar-refractivity contribution in [3.05, 3.63) is 24.3 Å². The van der Waals surface area contributed by atoms with Crippen LogP contribution < -0.4 is 15.0 Å². The molecule has 22 heavy (non-hydrogen) atoms. The molecule has 1 aliphatic heterocycles. The predicted octanol–water partition coefficient (Wildman–Crippen LogP) is 1.56. The second-order valence-electron chi connectivity index (χ2n) is 5.19. The van der Waals surface area contributed by atoms with Crippen LogP contribution in [0.25, 0.3) is 0 Å². The number of benzene rings is 1. The summed E-state index contributed by atoms with van der Waals surface area (Å²) in [5, 5.41) is 3.31. The Hall–Kier alpha value is -1.51. The Labute approximate surface area is 148 Å². The fourth-order valence-corrected chi connectivity index (χ4v) is 2.41. The lowest BCUT2D eigenvalue weighted by Crippen LogP contribution is -2.43. The molecule has 1 saturated heterocycles. The van der Waals surface area contributed by atoms with Crippen LogP contribution >= 0.6 is 24.0 Å². The third-order valence-electron chi connectivity index (χ3n) is 3.46. The van der Waals surface area contributed by atoms with Crippen molar-refractivity contribution in [2.75, 3.05) is 39.7 Å². The molecule has 6 nitrogen and oxygen atoms in total. The van der Waals surface area contributed by atoms with Gasteiger partial charge in [-0.2, -0.15) is 0 Å². The summed E-state index contributed by atoms with van der Waals surface area (Å²) >= 11 is 0. The third-order valence-corrected chi connectivity index (χ3v) is 3.46. The number of halogens is 1. The minimum absolute atomic E-state index is 0. The van der Waals surface area contributed by atoms with Crippen LogP contribution in [0.3, 0.4) is 0 Å². The average molecular weight is 418 g/mol. The molecule has 2 rings (SSSR count). The van der Waals surface area contributed by atoms with E-state index in [-0.39, 0.29) is 35.9 Å². The van der Waals surface area contributed by atoms with E-state index in [0.29, 0.717) is 13.0 Å². The zero-order valence-corrected chi connectivity index (χ0v) is 15.7. The molecule has 7 heteroatoms. The molecule has 0 saturated carbocycles. The van der Waals surface area contributed by atoms with Gasteiger partial charge in [0.2, 0.25) is 5.91 Å². The third kappa shape index (κ3) is 4.25. The van der Waals surface area contributed by atoms with Gasteiger partial charge in [-0.3, -0.25) is 9.79 Å². The van der Waals surface area contributed by atoms with E-state index in [1.54, 1.807) is 19.1 Å². The second-order valence-corrected chi connectivity index (χ2v) is 5.19. The van der Waals surface area contributed by atoms with E-state index < -0.39 is 0 Å². The quantitative estimate of drug-likeness (QED) is 0.460. The minimum Gasteiger partial charge on any atom is -0.497 e. The number of methoxy groups -OCH3 is 1. The fourth-order valence-electron chi connectivity index (χ4n) is 2.41. The number of nitrogens with zero attached hydrogens (tertiary/aromatic N) is 3. The summed E-state index contributed by atoms with van der Waals surface area (Å²) in [6, 6.07) is 7.61. The molecule has 0 aliphatic carbocycles. The number of aliphatic imine (C=N–C) groups is 1. The highest BCUT2D eigenvalue weighted by Crippen LogP contribution is 2.25. The highest BCUT2D eigenvalue weighted by atomic mass is 127. The van der Waals surface area contributed by atoms with Gasteiger partial charge < -0.3 is 19.9 Å². The molecule has 1 fully saturated rings. The molecular weight excluding hydrogens is 395 g/mol. The number of rotatable bonds is 3. The molecule has 1 aromatic carbocycles. The Kier molecular flexibility index (Phi) is 6.92. The molecule has 0 bridgehead atoms. The van der Waals surface area contributed by atoms with Crippen LogP contribution in [0.15, 0.2) is 29.3 Å². The van der Waals surface area contributed by atoms with Crippen molar-refractivity contribution in [2.45, 2.75) is 12.5 Å². The van der Waals surface area contributed by atoms with Crippen molar-refractivity contribution in [3.8, 4) is 5.75 Å². The lowest BCUT2D eigenvalue weighted by atomic mass is 10.2. The summed E-state index contributed by atoms with van der Waals surface area (Å²) in [6.45, 7) is 0.624. The average Bonchev–Trinajstić information content (AvgIpc) is 2.85. The minimum atomic E-state index is 0. The fraction of sp³-hybridized carbons (Fsp3) is 0.467. The first-order chi connectivity index (χ1) is 10.0. The summed E-state index contributed by atoms with van der Waals surface area (Å²) in [7, 11) is 7.20. The van der Waals surface area contributed by atoms with Gasteiger partial charge in [-0.25, -0.2) is 0 Å². The van der Waals surface area contributed by atoms with E-state index in [1.807, 2.05) is 43.3 Å². The number of guanidine groups is 1. The van der Waals surface area contributed by atoms with E-state index in [9.17, 15) is 4.79 Å². The maximum absolute atomic E-state index is 12.2. The smallest absolute Gasteiger partial charge is 0.229 e. The first-order valence-electron chi connectivity index (χ1n) is 6.90. The Morgan fingerprint density at radius 2 is 2.18 bits per heavy atom. The van der Waals surface area contributed by atoms with Crippen LogP contribution in [0, 0.1) is 0 Å². The number of hydrogen-bond donors (Lipinski definition) is 1. The molecular formula is C15H23IN4O2. The summed E-state index contributed by atoms with van der Waals surface area (Å²) in [6.07, 6.45) is 0.462. The first-order valence-corrected chi connectivity index (χ1v) is 6.90. The number of anilines is 1. The largest absolute Gasteiger partial charge is 0.497 e. The monoisotopic (exact) mass is 418 g/mol. The first kappa shape index (κ1) is 18.5. The van der Waals surface area contributed by atoms with Gasteiger partial charge in [0.25, 0.3) is 0 Å². The molecule has 1 unspecified atom stereocenters. The van der Waals surface area contributed by atoms with E-state index >= 15 is 0 Å². The molecule has 1 aliphatic rings. The van der Waals surface area contributed by atoms with Gasteiger partial charge in [0.15, 0.2) is 5.96 Å². The van der Waals surface area contributed by atoms with Crippen LogP contribution in [0.2, 0.25) is 0 Å². The van der Waals surface area contributed by atoms with Crippen molar-refractivity contribution in [3.63, 3.8) is 0 Å². The number of carbonyl (C=O) groups is 1. The SMILES string of the molecule is CN=C(NC1CC(=O)N(c2cccc(OC)c2)C1)N(C)C.I. The maximum Gasteiger partial charge on any atom is 0.229 e. The van der Waals surface area contributed by atoms with E-state index in [2.05, 4.69) is 10.3 Å². The molecule has 1 amide bonds. The van der Waals surface area contributed by atoms with Crippen molar-refractivity contribution >= 4 is 41.5 Å². The Balaban J connectivity index is 0.00000242. The van der Waals surface area contributed by atoms with Crippen molar-refractivity contribution < 1.29 is 9.53 Å². The van der Waals surface area contributed by atoms with E-state index in [4.69, 9.17) is 4.74 Å². The van der Waals surface area contributed by atoms with E-state index in [1.165, 1.54) is 0 Å². The summed E-state index contributed by atoms with van der Waals surface area (Å²) in [4.78, 5) is 20.1. The highest BCUT2D eigenvalue weighted by Gasteiger charge is 2.31. The zero-order chi connectivity index (χ0) is 15.4. The van der Waals surface area contributed by atoms with Gasteiger partial charge in [-0.05, 0) is 12.1 Å². The maximum atomic E-state index is 12.2. The molecule has 1 aromatic rings. The topological polar surface area (TPSA) is 57.2 Å². The van der Waals surface area contributed by atoms with Crippen molar-refractivity contribution in [1.82, 2.24) is 10.2 Å². The standard InChI is InChI=1S/C15H22N4O2.HI/c1-16-15(18(2)3)17-11-8-14(20)19(10-11)12-6-5-7-13(9-12)21-4;/h5-7,9,11H,8,10H2,1-4H3,(H,16,17);1H. The number of ether oxygens (including phenoxy) is 1. The molecule has 1 heterocycles. The Bertz CT molecular complexity index is 548. The number of nitrogens with one attached hydrogen (secondary N) is 1. The van der Waals surface area contributed by atoms with Crippen LogP contribution in [-0.4, -0.2) is 57.6 Å². The van der Waals surface area contributed by atoms with Gasteiger partial charge in [-0.15, -0.1) is 24.0 Å². The molecule has 122 valence electrons. The van der Waals surface area contributed by atoms with Crippen LogP contribution in [0.4, 0.5) is 5.69 Å². The predicted molar refractivity (Wildman–Crippen MR) is 99.3 cm³/mol. The van der Waals surface area contributed by atoms with Gasteiger partial charge >= 0.3 is 0 Å². The molecule has 1 N–H and O–H groups in total. The van der Waals surface area contributed by atoms with Gasteiger partial charge in [0.05, 0.1) is 13.2 Å². The van der Waals surface area contributed by atoms with Crippen LogP contribution in [0.1, 0.15) is 6.42 Å². The van der Waals surface area contributed by atoms with Crippen molar-refractivity contribution in [2.24, 2.45) is 4.99 Å². The molecule has 0 spiro atoms.